The van der Waals surface area contributed by atoms with Gasteiger partial charge in [-0.3, -0.25) is 4.79 Å². The lowest BCUT2D eigenvalue weighted by atomic mass is 10.0. The van der Waals surface area contributed by atoms with Crippen molar-refractivity contribution < 1.29 is 4.79 Å². The van der Waals surface area contributed by atoms with Crippen molar-refractivity contribution in [2.45, 2.75) is 33.2 Å². The minimum Gasteiger partial charge on any atom is -0.398 e. The van der Waals surface area contributed by atoms with Gasteiger partial charge in [-0.05, 0) is 43.5 Å². The van der Waals surface area contributed by atoms with Gasteiger partial charge in [-0.15, -0.1) is 0 Å². The number of allylic oxidation sites excluding steroid dienone is 1. The second-order valence-corrected chi connectivity index (χ2v) is 7.75. The molecule has 1 aliphatic rings. The number of ketones is 1. The van der Waals surface area contributed by atoms with Gasteiger partial charge in [0, 0.05) is 42.5 Å². The summed E-state index contributed by atoms with van der Waals surface area (Å²) in [6, 6.07) is 11.6. The molecular weight excluding hydrogens is 348 g/mol. The fourth-order valence-corrected chi connectivity index (χ4v) is 3.72. The number of hydrogen-bond acceptors (Lipinski definition) is 5. The molecule has 0 saturated carbocycles. The van der Waals surface area contributed by atoms with E-state index in [-0.39, 0.29) is 5.78 Å². The van der Waals surface area contributed by atoms with Crippen molar-refractivity contribution in [3.63, 3.8) is 0 Å². The number of benzene rings is 1. The molecule has 1 fully saturated rings. The van der Waals surface area contributed by atoms with Crippen LogP contribution in [0.2, 0.25) is 0 Å². The summed E-state index contributed by atoms with van der Waals surface area (Å²) in [5.74, 6) is 1.35. The van der Waals surface area contributed by atoms with Gasteiger partial charge in [0.15, 0.2) is 0 Å². The van der Waals surface area contributed by atoms with Crippen LogP contribution in [0.4, 0.5) is 11.5 Å². The number of piperazine rings is 1. The van der Waals surface area contributed by atoms with E-state index in [4.69, 9.17) is 10.7 Å². The molecule has 1 aliphatic heterocycles. The minimum absolute atomic E-state index is 0.137. The third-order valence-corrected chi connectivity index (χ3v) is 5.01. The van der Waals surface area contributed by atoms with Crippen molar-refractivity contribution in [1.29, 1.82) is 0 Å². The largest absolute Gasteiger partial charge is 0.398 e. The van der Waals surface area contributed by atoms with Gasteiger partial charge in [-0.1, -0.05) is 38.1 Å². The zero-order valence-electron chi connectivity index (χ0n) is 17.0. The summed E-state index contributed by atoms with van der Waals surface area (Å²) in [5.41, 5.74) is 8.28. The lowest BCUT2D eigenvalue weighted by molar-refractivity contribution is 0.103. The summed E-state index contributed by atoms with van der Waals surface area (Å²) < 4.78 is 0. The quantitative estimate of drug-likeness (QED) is 0.592. The molecule has 0 aliphatic carbocycles. The standard InChI is InChI=1S/C23H30N4O/c1-4-7-17-10-11-21(27-13-12-25-18(15-27)14-16(2)3)26-22(17)23(28)19-8-5-6-9-20(19)24/h4-11,16,18,25H,12-15,24H2,1-3H3/b7-4-/t18-/m0/s1. The Hall–Kier alpha value is -2.66. The van der Waals surface area contributed by atoms with Gasteiger partial charge in [-0.25, -0.2) is 4.98 Å². The molecule has 0 radical (unpaired) electrons. The van der Waals surface area contributed by atoms with Gasteiger partial charge in [0.2, 0.25) is 5.78 Å². The molecule has 0 spiro atoms. The second-order valence-electron chi connectivity index (χ2n) is 7.75. The Labute approximate surface area is 167 Å². The molecule has 3 rings (SSSR count). The molecule has 5 nitrogen and oxygen atoms in total. The third-order valence-electron chi connectivity index (χ3n) is 5.01. The molecule has 2 heterocycles. The Morgan fingerprint density at radius 3 is 2.82 bits per heavy atom. The molecular formula is C23H30N4O. The predicted octanol–water partition coefficient (Wildman–Crippen LogP) is 3.75. The Morgan fingerprint density at radius 2 is 2.11 bits per heavy atom. The van der Waals surface area contributed by atoms with E-state index in [2.05, 4.69) is 24.1 Å². The summed E-state index contributed by atoms with van der Waals surface area (Å²) >= 11 is 0. The van der Waals surface area contributed by atoms with Gasteiger partial charge >= 0.3 is 0 Å². The first-order valence-electron chi connectivity index (χ1n) is 10.0. The summed E-state index contributed by atoms with van der Waals surface area (Å²) in [7, 11) is 0. The van der Waals surface area contributed by atoms with Gasteiger partial charge in [0.25, 0.3) is 0 Å². The number of aromatic nitrogens is 1. The maximum absolute atomic E-state index is 13.2. The average molecular weight is 379 g/mol. The smallest absolute Gasteiger partial charge is 0.214 e. The van der Waals surface area contributed by atoms with E-state index in [0.717, 1.165) is 37.4 Å². The fourth-order valence-electron chi connectivity index (χ4n) is 3.72. The number of nitrogens with two attached hydrogens (primary N) is 1. The number of carbonyl (C=O) groups is 1. The highest BCUT2D eigenvalue weighted by Gasteiger charge is 2.23. The Balaban J connectivity index is 1.94. The second kappa shape index (κ2) is 9.02. The zero-order valence-corrected chi connectivity index (χ0v) is 17.0. The van der Waals surface area contributed by atoms with Crippen LogP contribution in [-0.4, -0.2) is 36.4 Å². The van der Waals surface area contributed by atoms with E-state index in [1.807, 2.05) is 43.3 Å². The number of nitrogens with one attached hydrogen (secondary N) is 1. The zero-order chi connectivity index (χ0) is 20.1. The molecule has 5 heteroatoms. The number of pyridine rings is 1. The number of anilines is 2. The lowest BCUT2D eigenvalue weighted by Gasteiger charge is -2.35. The first kappa shape index (κ1) is 20.1. The van der Waals surface area contributed by atoms with Gasteiger partial charge in [0.1, 0.15) is 11.5 Å². The van der Waals surface area contributed by atoms with Crippen LogP contribution in [0.5, 0.6) is 0 Å². The number of nitrogens with zero attached hydrogens (tertiary/aromatic N) is 2. The van der Waals surface area contributed by atoms with E-state index in [1.54, 1.807) is 12.1 Å². The topological polar surface area (TPSA) is 71.2 Å². The van der Waals surface area contributed by atoms with Crippen LogP contribution in [0.25, 0.3) is 6.08 Å². The van der Waals surface area contributed by atoms with E-state index in [1.165, 1.54) is 0 Å². The van der Waals surface area contributed by atoms with Crippen LogP contribution in [0.15, 0.2) is 42.5 Å². The number of para-hydroxylation sites is 1. The van der Waals surface area contributed by atoms with E-state index in [9.17, 15) is 4.79 Å². The van der Waals surface area contributed by atoms with E-state index in [0.29, 0.717) is 28.9 Å². The summed E-state index contributed by atoms with van der Waals surface area (Å²) in [6.45, 7) is 9.12. The molecule has 0 bridgehead atoms. The molecule has 3 N–H and O–H groups in total. The highest BCUT2D eigenvalue weighted by Crippen LogP contribution is 2.23. The van der Waals surface area contributed by atoms with Crippen LogP contribution in [-0.2, 0) is 0 Å². The fraction of sp³-hybridized carbons (Fsp3) is 0.391. The Morgan fingerprint density at radius 1 is 1.32 bits per heavy atom. The maximum Gasteiger partial charge on any atom is 0.214 e. The number of carbonyl (C=O) groups excluding carboxylic acids is 1. The summed E-state index contributed by atoms with van der Waals surface area (Å²) in [6.07, 6.45) is 4.97. The normalized spacial score (nSPS) is 17.4. The predicted molar refractivity (Wildman–Crippen MR) is 117 cm³/mol. The van der Waals surface area contributed by atoms with Gasteiger partial charge in [-0.2, -0.15) is 0 Å². The monoisotopic (exact) mass is 378 g/mol. The summed E-state index contributed by atoms with van der Waals surface area (Å²) in [4.78, 5) is 20.3. The SMILES string of the molecule is C/C=C\c1ccc(N2CCN[C@@H](CC(C)C)C2)nc1C(=O)c1ccccc1N. The van der Waals surface area contributed by atoms with Crippen molar-refractivity contribution in [2.75, 3.05) is 30.3 Å². The van der Waals surface area contributed by atoms with Crippen LogP contribution in [0.1, 0.15) is 48.8 Å². The molecule has 2 aromatic rings. The first-order chi connectivity index (χ1) is 13.5. The Kier molecular flexibility index (Phi) is 6.47. The van der Waals surface area contributed by atoms with Crippen LogP contribution in [0, 0.1) is 5.92 Å². The minimum atomic E-state index is -0.137. The van der Waals surface area contributed by atoms with Crippen LogP contribution in [0.3, 0.4) is 0 Å². The van der Waals surface area contributed by atoms with Crippen molar-refractivity contribution in [1.82, 2.24) is 10.3 Å². The number of hydrogen-bond donors (Lipinski definition) is 2. The van der Waals surface area contributed by atoms with Crippen LogP contribution < -0.4 is 16.0 Å². The van der Waals surface area contributed by atoms with Crippen molar-refractivity contribution in [3.8, 4) is 0 Å². The molecule has 148 valence electrons. The molecule has 1 saturated heterocycles. The van der Waals surface area contributed by atoms with Crippen molar-refractivity contribution in [3.05, 3.63) is 59.3 Å². The molecule has 1 aromatic carbocycles. The molecule has 1 atom stereocenters. The van der Waals surface area contributed by atoms with E-state index >= 15 is 0 Å². The molecule has 0 unspecified atom stereocenters. The lowest BCUT2D eigenvalue weighted by Crippen LogP contribution is -2.51. The summed E-state index contributed by atoms with van der Waals surface area (Å²) in [5, 5.41) is 3.59. The molecule has 0 amide bonds. The highest BCUT2D eigenvalue weighted by atomic mass is 16.1. The van der Waals surface area contributed by atoms with Gasteiger partial charge < -0.3 is 16.0 Å². The van der Waals surface area contributed by atoms with E-state index < -0.39 is 0 Å². The third kappa shape index (κ3) is 4.60. The van der Waals surface area contributed by atoms with Crippen LogP contribution >= 0.6 is 0 Å². The number of nitrogen functional groups attached to an aromatic ring is 1. The first-order valence-corrected chi connectivity index (χ1v) is 10.0. The average Bonchev–Trinajstić information content (AvgIpc) is 2.68. The molecule has 28 heavy (non-hydrogen) atoms. The Bertz CT molecular complexity index is 859. The highest BCUT2D eigenvalue weighted by molar-refractivity contribution is 6.12. The molecule has 1 aromatic heterocycles. The van der Waals surface area contributed by atoms with Gasteiger partial charge in [0.05, 0.1) is 0 Å². The van der Waals surface area contributed by atoms with Crippen molar-refractivity contribution >= 4 is 23.4 Å². The number of rotatable bonds is 6. The van der Waals surface area contributed by atoms with Crippen molar-refractivity contribution in [2.24, 2.45) is 5.92 Å². The maximum atomic E-state index is 13.2.